The van der Waals surface area contributed by atoms with Crippen molar-refractivity contribution < 1.29 is 0 Å². The number of hydrogen-bond acceptors (Lipinski definition) is 2. The van der Waals surface area contributed by atoms with Gasteiger partial charge in [0.15, 0.2) is 0 Å². The van der Waals surface area contributed by atoms with Crippen LogP contribution in [0.2, 0.25) is 0 Å². The summed E-state index contributed by atoms with van der Waals surface area (Å²) in [6.07, 6.45) is 1.89. The van der Waals surface area contributed by atoms with E-state index < -0.39 is 0 Å². The summed E-state index contributed by atoms with van der Waals surface area (Å²) in [7, 11) is 2.04. The molecule has 0 saturated heterocycles. The van der Waals surface area contributed by atoms with E-state index in [-0.39, 0.29) is 0 Å². The molecular formula is C15H17BrN2. The third-order valence-electron chi connectivity index (χ3n) is 2.87. The SMILES string of the molecule is Cc1cc(C)cc(N(C)c2ncc(C)cc2Br)c1. The van der Waals surface area contributed by atoms with Crippen LogP contribution in [0.3, 0.4) is 0 Å². The van der Waals surface area contributed by atoms with Crippen LogP contribution in [0.25, 0.3) is 0 Å². The quantitative estimate of drug-likeness (QED) is 0.810. The Hall–Kier alpha value is -1.35. The Morgan fingerprint density at radius 1 is 0.944 bits per heavy atom. The first-order valence-corrected chi connectivity index (χ1v) is 6.71. The number of halogens is 1. The molecule has 3 heteroatoms. The molecule has 0 spiro atoms. The van der Waals surface area contributed by atoms with Crippen molar-refractivity contribution in [3.8, 4) is 0 Å². The normalized spacial score (nSPS) is 10.5. The van der Waals surface area contributed by atoms with Gasteiger partial charge in [-0.2, -0.15) is 0 Å². The van der Waals surface area contributed by atoms with Gasteiger partial charge in [0.2, 0.25) is 0 Å². The highest BCUT2D eigenvalue weighted by molar-refractivity contribution is 9.10. The van der Waals surface area contributed by atoms with Gasteiger partial charge in [-0.05, 0) is 71.6 Å². The summed E-state index contributed by atoms with van der Waals surface area (Å²) >= 11 is 3.58. The van der Waals surface area contributed by atoms with Gasteiger partial charge in [0.1, 0.15) is 5.82 Å². The number of hydrogen-bond donors (Lipinski definition) is 0. The summed E-state index contributed by atoms with van der Waals surface area (Å²) in [5.41, 5.74) is 4.84. The van der Waals surface area contributed by atoms with Gasteiger partial charge in [0.05, 0.1) is 4.47 Å². The molecule has 94 valence electrons. The Kier molecular flexibility index (Phi) is 3.71. The lowest BCUT2D eigenvalue weighted by atomic mass is 10.1. The van der Waals surface area contributed by atoms with Crippen LogP contribution in [0.4, 0.5) is 11.5 Å². The molecule has 0 atom stereocenters. The number of aromatic nitrogens is 1. The number of nitrogens with zero attached hydrogens (tertiary/aromatic N) is 2. The van der Waals surface area contributed by atoms with Gasteiger partial charge in [0, 0.05) is 18.9 Å². The highest BCUT2D eigenvalue weighted by Gasteiger charge is 2.10. The van der Waals surface area contributed by atoms with Crippen molar-refractivity contribution >= 4 is 27.4 Å². The van der Waals surface area contributed by atoms with E-state index in [1.807, 2.05) is 20.2 Å². The summed E-state index contributed by atoms with van der Waals surface area (Å²) in [4.78, 5) is 6.59. The molecule has 0 amide bonds. The van der Waals surface area contributed by atoms with Crippen LogP contribution in [0.15, 0.2) is 34.9 Å². The molecule has 2 nitrogen and oxygen atoms in total. The smallest absolute Gasteiger partial charge is 0.147 e. The highest BCUT2D eigenvalue weighted by Crippen LogP contribution is 2.30. The Morgan fingerprint density at radius 2 is 1.56 bits per heavy atom. The lowest BCUT2D eigenvalue weighted by Gasteiger charge is -2.21. The van der Waals surface area contributed by atoms with Gasteiger partial charge in [0.25, 0.3) is 0 Å². The van der Waals surface area contributed by atoms with Crippen molar-refractivity contribution in [2.45, 2.75) is 20.8 Å². The van der Waals surface area contributed by atoms with Gasteiger partial charge < -0.3 is 4.90 Å². The summed E-state index contributed by atoms with van der Waals surface area (Å²) in [6, 6.07) is 8.60. The maximum atomic E-state index is 4.49. The molecule has 2 aromatic rings. The number of benzene rings is 1. The van der Waals surface area contributed by atoms with Gasteiger partial charge in [-0.25, -0.2) is 4.98 Å². The second-order valence-electron chi connectivity index (χ2n) is 4.72. The fourth-order valence-corrected chi connectivity index (χ4v) is 2.77. The molecule has 0 bridgehead atoms. The lowest BCUT2D eigenvalue weighted by Crippen LogP contribution is -2.12. The molecule has 1 aromatic heterocycles. The molecule has 0 unspecified atom stereocenters. The molecule has 1 heterocycles. The molecule has 0 N–H and O–H groups in total. The Morgan fingerprint density at radius 3 is 2.11 bits per heavy atom. The topological polar surface area (TPSA) is 16.1 Å². The minimum atomic E-state index is 0.936. The summed E-state index contributed by atoms with van der Waals surface area (Å²) < 4.78 is 1.02. The van der Waals surface area contributed by atoms with E-state index in [1.54, 1.807) is 0 Å². The van der Waals surface area contributed by atoms with Crippen LogP contribution in [0.1, 0.15) is 16.7 Å². The van der Waals surface area contributed by atoms with Crippen LogP contribution in [-0.4, -0.2) is 12.0 Å². The zero-order valence-electron chi connectivity index (χ0n) is 11.2. The van der Waals surface area contributed by atoms with E-state index >= 15 is 0 Å². The summed E-state index contributed by atoms with van der Waals surface area (Å²) in [5, 5.41) is 0. The fourth-order valence-electron chi connectivity index (χ4n) is 2.04. The van der Waals surface area contributed by atoms with Crippen LogP contribution in [0, 0.1) is 20.8 Å². The number of aryl methyl sites for hydroxylation is 3. The maximum Gasteiger partial charge on any atom is 0.147 e. The van der Waals surface area contributed by atoms with Crippen LogP contribution >= 0.6 is 15.9 Å². The molecule has 0 saturated carbocycles. The van der Waals surface area contributed by atoms with E-state index in [1.165, 1.54) is 11.1 Å². The van der Waals surface area contributed by atoms with Crippen molar-refractivity contribution in [2.75, 3.05) is 11.9 Å². The molecule has 0 aliphatic heterocycles. The Labute approximate surface area is 117 Å². The summed E-state index contributed by atoms with van der Waals surface area (Å²) in [5.74, 6) is 0.936. The van der Waals surface area contributed by atoms with Crippen molar-refractivity contribution in [3.63, 3.8) is 0 Å². The van der Waals surface area contributed by atoms with Crippen molar-refractivity contribution in [1.82, 2.24) is 4.98 Å². The highest BCUT2D eigenvalue weighted by atomic mass is 79.9. The number of anilines is 2. The average molecular weight is 305 g/mol. The van der Waals surface area contributed by atoms with Crippen LogP contribution < -0.4 is 4.90 Å². The first kappa shape index (κ1) is 13.1. The van der Waals surface area contributed by atoms with E-state index in [0.29, 0.717) is 0 Å². The van der Waals surface area contributed by atoms with Gasteiger partial charge >= 0.3 is 0 Å². The second-order valence-corrected chi connectivity index (χ2v) is 5.58. The predicted molar refractivity (Wildman–Crippen MR) is 80.7 cm³/mol. The third kappa shape index (κ3) is 2.72. The van der Waals surface area contributed by atoms with E-state index in [2.05, 4.69) is 63.9 Å². The molecule has 0 radical (unpaired) electrons. The molecule has 0 fully saturated rings. The first-order valence-electron chi connectivity index (χ1n) is 5.91. The predicted octanol–water partition coefficient (Wildman–Crippen LogP) is 4.54. The fraction of sp³-hybridized carbons (Fsp3) is 0.267. The third-order valence-corrected chi connectivity index (χ3v) is 3.45. The minimum absolute atomic E-state index is 0.936. The monoisotopic (exact) mass is 304 g/mol. The molecular weight excluding hydrogens is 288 g/mol. The first-order chi connectivity index (χ1) is 8.47. The molecule has 18 heavy (non-hydrogen) atoms. The maximum absolute atomic E-state index is 4.49. The minimum Gasteiger partial charge on any atom is -0.329 e. The zero-order chi connectivity index (χ0) is 13.3. The zero-order valence-corrected chi connectivity index (χ0v) is 12.7. The largest absolute Gasteiger partial charge is 0.329 e. The molecule has 1 aromatic carbocycles. The van der Waals surface area contributed by atoms with Crippen molar-refractivity contribution in [3.05, 3.63) is 51.6 Å². The molecule has 0 aliphatic carbocycles. The Bertz CT molecular complexity index is 558. The van der Waals surface area contributed by atoms with Crippen LogP contribution in [0.5, 0.6) is 0 Å². The summed E-state index contributed by atoms with van der Waals surface area (Å²) in [6.45, 7) is 6.27. The van der Waals surface area contributed by atoms with Crippen LogP contribution in [-0.2, 0) is 0 Å². The number of pyridine rings is 1. The van der Waals surface area contributed by atoms with Crippen molar-refractivity contribution in [1.29, 1.82) is 0 Å². The second kappa shape index (κ2) is 5.11. The number of rotatable bonds is 2. The van der Waals surface area contributed by atoms with Gasteiger partial charge in [-0.1, -0.05) is 6.07 Å². The average Bonchev–Trinajstić information content (AvgIpc) is 2.26. The van der Waals surface area contributed by atoms with E-state index in [9.17, 15) is 0 Å². The standard InChI is InChI=1S/C15H17BrN2/c1-10-5-11(2)7-13(6-10)18(4)15-14(16)8-12(3)9-17-15/h5-9H,1-4H3. The van der Waals surface area contributed by atoms with E-state index in [4.69, 9.17) is 0 Å². The van der Waals surface area contributed by atoms with Gasteiger partial charge in [-0.3, -0.25) is 0 Å². The van der Waals surface area contributed by atoms with E-state index in [0.717, 1.165) is 21.5 Å². The van der Waals surface area contributed by atoms with Crippen molar-refractivity contribution in [2.24, 2.45) is 0 Å². The lowest BCUT2D eigenvalue weighted by molar-refractivity contribution is 1.10. The van der Waals surface area contributed by atoms with Gasteiger partial charge in [-0.15, -0.1) is 0 Å². The molecule has 0 aliphatic rings. The molecule has 2 rings (SSSR count). The Balaban J connectivity index is 2.44.